The van der Waals surface area contributed by atoms with Gasteiger partial charge in [0.25, 0.3) is 0 Å². The van der Waals surface area contributed by atoms with E-state index in [4.69, 9.17) is 16.6 Å². The first kappa shape index (κ1) is 19.3. The van der Waals surface area contributed by atoms with Gasteiger partial charge in [-0.15, -0.1) is 0 Å². The molecule has 4 heterocycles. The molecule has 0 radical (unpaired) electrons. The summed E-state index contributed by atoms with van der Waals surface area (Å²) in [6, 6.07) is 9.23. The van der Waals surface area contributed by atoms with Gasteiger partial charge in [0.05, 0.1) is 5.02 Å². The van der Waals surface area contributed by atoms with Crippen LogP contribution in [0.2, 0.25) is 5.02 Å². The minimum atomic E-state index is -0.0514. The van der Waals surface area contributed by atoms with Crippen molar-refractivity contribution >= 4 is 29.1 Å². The van der Waals surface area contributed by atoms with Crippen molar-refractivity contribution in [3.63, 3.8) is 0 Å². The summed E-state index contributed by atoms with van der Waals surface area (Å²) in [7, 11) is 0. The third-order valence-corrected chi connectivity index (χ3v) is 5.15. The molecule has 0 aliphatic carbocycles. The average Bonchev–Trinajstić information content (AvgIpc) is 2.75. The Bertz CT molecular complexity index is 988. The van der Waals surface area contributed by atoms with Crippen molar-refractivity contribution in [1.82, 2.24) is 19.9 Å². The zero-order valence-corrected chi connectivity index (χ0v) is 16.8. The highest BCUT2D eigenvalue weighted by Crippen LogP contribution is 2.25. The van der Waals surface area contributed by atoms with E-state index >= 15 is 0 Å². The van der Waals surface area contributed by atoms with Crippen LogP contribution in [0.1, 0.15) is 18.5 Å². The van der Waals surface area contributed by atoms with Crippen molar-refractivity contribution in [2.75, 3.05) is 23.3 Å². The van der Waals surface area contributed by atoms with Crippen LogP contribution < -0.4 is 10.2 Å². The molecule has 1 N–H and O–H groups in total. The second-order valence-electron chi connectivity index (χ2n) is 7.05. The van der Waals surface area contributed by atoms with Gasteiger partial charge in [0.1, 0.15) is 11.6 Å². The van der Waals surface area contributed by atoms with Gasteiger partial charge in [-0.2, -0.15) is 0 Å². The van der Waals surface area contributed by atoms with Crippen molar-refractivity contribution in [3.8, 4) is 11.4 Å². The van der Waals surface area contributed by atoms with E-state index in [0.29, 0.717) is 16.7 Å². The van der Waals surface area contributed by atoms with Crippen LogP contribution in [0.15, 0.2) is 48.9 Å². The molecular formula is C21H21ClN6O. The number of nitrogens with one attached hydrogen (secondary N) is 1. The van der Waals surface area contributed by atoms with Crippen molar-refractivity contribution in [1.29, 1.82) is 0 Å². The predicted molar refractivity (Wildman–Crippen MR) is 113 cm³/mol. The second-order valence-corrected chi connectivity index (χ2v) is 7.48. The molecule has 8 heteroatoms. The molecule has 0 spiro atoms. The summed E-state index contributed by atoms with van der Waals surface area (Å²) in [6.07, 6.45) is 6.53. The Kier molecular flexibility index (Phi) is 5.67. The zero-order valence-electron chi connectivity index (χ0n) is 16.0. The third kappa shape index (κ3) is 4.68. The Balaban J connectivity index is 1.41. The highest BCUT2D eigenvalue weighted by molar-refractivity contribution is 6.30. The van der Waals surface area contributed by atoms with Gasteiger partial charge in [0.15, 0.2) is 5.82 Å². The maximum atomic E-state index is 12.6. The van der Waals surface area contributed by atoms with Crippen molar-refractivity contribution in [3.05, 3.63) is 59.6 Å². The minimum Gasteiger partial charge on any atom is -0.356 e. The van der Waals surface area contributed by atoms with Crippen LogP contribution in [0.5, 0.6) is 0 Å². The maximum Gasteiger partial charge on any atom is 0.228 e. The van der Waals surface area contributed by atoms with Crippen LogP contribution in [0, 0.1) is 12.8 Å². The number of anilines is 2. The molecule has 0 saturated carbocycles. The Labute approximate surface area is 174 Å². The largest absolute Gasteiger partial charge is 0.356 e. The molecule has 0 bridgehead atoms. The van der Waals surface area contributed by atoms with Gasteiger partial charge < -0.3 is 10.2 Å². The summed E-state index contributed by atoms with van der Waals surface area (Å²) in [4.78, 5) is 32.3. The first-order chi connectivity index (χ1) is 14.1. The summed E-state index contributed by atoms with van der Waals surface area (Å²) in [5, 5.41) is 3.42. The van der Waals surface area contributed by atoms with Crippen LogP contribution in [0.4, 0.5) is 11.6 Å². The zero-order chi connectivity index (χ0) is 20.2. The molecule has 4 rings (SSSR count). The number of pyridine rings is 2. The second kappa shape index (κ2) is 8.53. The fraction of sp³-hybridized carbons (Fsp3) is 0.286. The third-order valence-electron chi connectivity index (χ3n) is 4.93. The number of amides is 1. The lowest BCUT2D eigenvalue weighted by Crippen LogP contribution is -2.38. The predicted octanol–water partition coefficient (Wildman–Crippen LogP) is 3.75. The number of carbonyl (C=O) groups excluding carboxylic acids is 1. The van der Waals surface area contributed by atoms with Crippen LogP contribution in [0.3, 0.4) is 0 Å². The number of rotatable bonds is 4. The van der Waals surface area contributed by atoms with Crippen molar-refractivity contribution in [2.24, 2.45) is 5.92 Å². The van der Waals surface area contributed by atoms with E-state index in [-0.39, 0.29) is 11.8 Å². The lowest BCUT2D eigenvalue weighted by atomic mass is 9.96. The number of nitrogens with zero attached hydrogens (tertiary/aromatic N) is 5. The van der Waals surface area contributed by atoms with Crippen LogP contribution in [-0.2, 0) is 4.79 Å². The standard InChI is InChI=1S/C21H21ClN6O/c1-14-11-19(27-20(25-14)16-3-2-8-23-12-16)28-9-6-15(7-10-28)21(29)26-18-5-4-17(22)13-24-18/h2-5,8,11-13,15H,6-7,9-10H2,1H3,(H,24,26,29). The molecule has 1 fully saturated rings. The first-order valence-electron chi connectivity index (χ1n) is 9.52. The monoisotopic (exact) mass is 408 g/mol. The average molecular weight is 409 g/mol. The number of piperidine rings is 1. The lowest BCUT2D eigenvalue weighted by Gasteiger charge is -2.32. The highest BCUT2D eigenvalue weighted by atomic mass is 35.5. The molecule has 0 aromatic carbocycles. The summed E-state index contributed by atoms with van der Waals surface area (Å²) in [5.74, 6) is 2.02. The van der Waals surface area contributed by atoms with E-state index in [9.17, 15) is 4.79 Å². The van der Waals surface area contributed by atoms with Crippen molar-refractivity contribution in [2.45, 2.75) is 19.8 Å². The number of aryl methyl sites for hydroxylation is 1. The van der Waals surface area contributed by atoms with Crippen molar-refractivity contribution < 1.29 is 4.79 Å². The molecule has 3 aromatic heterocycles. The van der Waals surface area contributed by atoms with Gasteiger partial charge >= 0.3 is 0 Å². The van der Waals surface area contributed by atoms with E-state index in [2.05, 4.69) is 25.2 Å². The molecular weight excluding hydrogens is 388 g/mol. The Morgan fingerprint density at radius 3 is 2.69 bits per heavy atom. The molecule has 1 amide bonds. The fourth-order valence-corrected chi connectivity index (χ4v) is 3.50. The molecule has 3 aromatic rings. The van der Waals surface area contributed by atoms with E-state index in [1.807, 2.05) is 25.1 Å². The smallest absolute Gasteiger partial charge is 0.228 e. The van der Waals surface area contributed by atoms with E-state index in [1.54, 1.807) is 24.5 Å². The number of carbonyl (C=O) groups is 1. The lowest BCUT2D eigenvalue weighted by molar-refractivity contribution is -0.120. The first-order valence-corrected chi connectivity index (χ1v) is 9.90. The molecule has 0 atom stereocenters. The topological polar surface area (TPSA) is 83.9 Å². The normalized spacial score (nSPS) is 14.6. The van der Waals surface area contributed by atoms with E-state index < -0.39 is 0 Å². The Hall–Kier alpha value is -3.06. The summed E-state index contributed by atoms with van der Waals surface area (Å²) < 4.78 is 0. The van der Waals surface area contributed by atoms with Gasteiger partial charge in [0.2, 0.25) is 5.91 Å². The number of hydrogen-bond donors (Lipinski definition) is 1. The number of halogens is 1. The molecule has 1 saturated heterocycles. The van der Waals surface area contributed by atoms with Crippen LogP contribution in [0.25, 0.3) is 11.4 Å². The maximum absolute atomic E-state index is 12.6. The van der Waals surface area contributed by atoms with E-state index in [1.165, 1.54) is 6.20 Å². The molecule has 29 heavy (non-hydrogen) atoms. The summed E-state index contributed by atoms with van der Waals surface area (Å²) in [5.41, 5.74) is 1.80. The van der Waals surface area contributed by atoms with Gasteiger partial charge in [-0.25, -0.2) is 15.0 Å². The van der Waals surface area contributed by atoms with E-state index in [0.717, 1.165) is 43.0 Å². The molecule has 148 valence electrons. The molecule has 1 aliphatic rings. The van der Waals surface area contributed by atoms with Gasteiger partial charge in [-0.1, -0.05) is 11.6 Å². The fourth-order valence-electron chi connectivity index (χ4n) is 3.39. The Morgan fingerprint density at radius 1 is 1.17 bits per heavy atom. The number of aromatic nitrogens is 4. The summed E-state index contributed by atoms with van der Waals surface area (Å²) >= 11 is 5.84. The number of hydrogen-bond acceptors (Lipinski definition) is 6. The van der Waals surface area contributed by atoms with Crippen LogP contribution in [-0.4, -0.2) is 38.9 Å². The van der Waals surface area contributed by atoms with Gasteiger partial charge in [-0.3, -0.25) is 9.78 Å². The minimum absolute atomic E-state index is 0.00519. The van der Waals surface area contributed by atoms with Gasteiger partial charge in [-0.05, 0) is 44.0 Å². The highest BCUT2D eigenvalue weighted by Gasteiger charge is 2.26. The molecule has 1 aliphatic heterocycles. The van der Waals surface area contributed by atoms with Gasteiger partial charge in [0, 0.05) is 54.9 Å². The SMILES string of the molecule is Cc1cc(N2CCC(C(=O)Nc3ccc(Cl)cn3)CC2)nc(-c2cccnc2)n1. The quantitative estimate of drug-likeness (QED) is 0.707. The van der Waals surface area contributed by atoms with Crippen LogP contribution >= 0.6 is 11.6 Å². The molecule has 0 unspecified atom stereocenters. The Morgan fingerprint density at radius 2 is 2.00 bits per heavy atom. The molecule has 7 nitrogen and oxygen atoms in total. The summed E-state index contributed by atoms with van der Waals surface area (Å²) in [6.45, 7) is 3.48.